The van der Waals surface area contributed by atoms with Crippen LogP contribution in [0.2, 0.25) is 0 Å². The lowest BCUT2D eigenvalue weighted by Crippen LogP contribution is -2.10. The first-order valence-electron chi connectivity index (χ1n) is 4.01. The van der Waals surface area contributed by atoms with Gasteiger partial charge in [0.05, 0.1) is 17.6 Å². The maximum absolute atomic E-state index is 10.9. The van der Waals surface area contributed by atoms with E-state index in [1.54, 1.807) is 20.8 Å². The average molecular weight is 187 g/mol. The lowest BCUT2D eigenvalue weighted by molar-refractivity contribution is -0.432. The van der Waals surface area contributed by atoms with Crippen molar-refractivity contribution >= 4 is 5.97 Å². The van der Waals surface area contributed by atoms with Crippen LogP contribution in [0.4, 0.5) is 0 Å². The fraction of sp³-hybridized carbons (Fsp3) is 0.625. The second-order valence-electron chi connectivity index (χ2n) is 2.73. The number of hydrogen-bond acceptors (Lipinski definition) is 4. The van der Waals surface area contributed by atoms with Crippen molar-refractivity contribution in [3.8, 4) is 0 Å². The molecule has 0 aliphatic carbocycles. The Bertz CT molecular complexity index is 232. The molecular formula is C8H13NO4. The largest absolute Gasteiger partial charge is 0.463 e. The number of ether oxygens (including phenoxy) is 1. The third-order valence-corrected chi connectivity index (χ3v) is 1.35. The molecule has 5 heteroatoms. The zero-order valence-corrected chi connectivity index (χ0v) is 7.94. The molecule has 0 fully saturated rings. The van der Waals surface area contributed by atoms with Crippen molar-refractivity contribution < 1.29 is 14.5 Å². The van der Waals surface area contributed by atoms with Gasteiger partial charge in [-0.1, -0.05) is 13.8 Å². The predicted molar refractivity (Wildman–Crippen MR) is 46.5 cm³/mol. The summed E-state index contributed by atoms with van der Waals surface area (Å²) in [5, 5.41) is 10.4. The molecule has 0 spiro atoms. The number of esters is 1. The lowest BCUT2D eigenvalue weighted by Gasteiger charge is -2.01. The van der Waals surface area contributed by atoms with Gasteiger partial charge in [0, 0.05) is 5.92 Å². The number of hydrogen-bond donors (Lipinski definition) is 0. The minimum Gasteiger partial charge on any atom is -0.463 e. The smallest absolute Gasteiger partial charge is 0.337 e. The summed E-state index contributed by atoms with van der Waals surface area (Å²) >= 11 is 0. The van der Waals surface area contributed by atoms with Gasteiger partial charge in [0.15, 0.2) is 0 Å². The molecule has 13 heavy (non-hydrogen) atoms. The van der Waals surface area contributed by atoms with E-state index < -0.39 is 10.9 Å². The number of allylic oxidation sites excluding steroid dienone is 1. The van der Waals surface area contributed by atoms with Gasteiger partial charge in [-0.3, -0.25) is 10.1 Å². The second kappa shape index (κ2) is 5.29. The second-order valence-corrected chi connectivity index (χ2v) is 2.73. The van der Waals surface area contributed by atoms with E-state index in [4.69, 9.17) is 0 Å². The Morgan fingerprint density at radius 3 is 2.46 bits per heavy atom. The Balaban J connectivity index is 4.54. The molecule has 0 radical (unpaired) electrons. The zero-order valence-electron chi connectivity index (χ0n) is 7.94. The van der Waals surface area contributed by atoms with E-state index in [1.807, 2.05) is 0 Å². The van der Waals surface area contributed by atoms with Crippen LogP contribution >= 0.6 is 0 Å². The summed E-state index contributed by atoms with van der Waals surface area (Å²) in [4.78, 5) is 20.7. The highest BCUT2D eigenvalue weighted by atomic mass is 16.6. The molecule has 0 aromatic heterocycles. The summed E-state index contributed by atoms with van der Waals surface area (Å²) in [5.74, 6) is -0.956. The van der Waals surface area contributed by atoms with Gasteiger partial charge in [-0.2, -0.15) is 0 Å². The Kier molecular flexibility index (Phi) is 4.72. The summed E-state index contributed by atoms with van der Waals surface area (Å²) in [7, 11) is 0. The third kappa shape index (κ3) is 4.25. The minimum atomic E-state index is -0.664. The fourth-order valence-electron chi connectivity index (χ4n) is 0.735. The Morgan fingerprint density at radius 2 is 2.15 bits per heavy atom. The molecule has 0 heterocycles. The van der Waals surface area contributed by atoms with Crippen molar-refractivity contribution in [2.24, 2.45) is 5.92 Å². The molecule has 0 aliphatic heterocycles. The first kappa shape index (κ1) is 11.6. The SMILES string of the molecule is CCOC(=O)/C=C(/C(C)C)[N+](=O)[O-]. The van der Waals surface area contributed by atoms with Gasteiger partial charge in [-0.25, -0.2) is 4.79 Å². The molecule has 74 valence electrons. The van der Waals surface area contributed by atoms with Gasteiger partial charge in [-0.05, 0) is 6.92 Å². The van der Waals surface area contributed by atoms with Crippen LogP contribution in [0.5, 0.6) is 0 Å². The van der Waals surface area contributed by atoms with Crippen molar-refractivity contribution in [1.82, 2.24) is 0 Å². The molecule has 0 unspecified atom stereocenters. The molecule has 0 aromatic rings. The molecular weight excluding hydrogens is 174 g/mol. The Labute approximate surface area is 76.5 Å². The van der Waals surface area contributed by atoms with Gasteiger partial charge in [0.25, 0.3) is 5.70 Å². The molecule has 0 N–H and O–H groups in total. The molecule has 0 amide bonds. The molecule has 0 atom stereocenters. The van der Waals surface area contributed by atoms with Crippen LogP contribution in [0.15, 0.2) is 11.8 Å². The van der Waals surface area contributed by atoms with Crippen molar-refractivity contribution in [1.29, 1.82) is 0 Å². The quantitative estimate of drug-likeness (QED) is 0.288. The van der Waals surface area contributed by atoms with Crippen LogP contribution in [0.1, 0.15) is 20.8 Å². The van der Waals surface area contributed by atoms with E-state index in [1.165, 1.54) is 0 Å². The van der Waals surface area contributed by atoms with E-state index in [9.17, 15) is 14.9 Å². The van der Waals surface area contributed by atoms with E-state index in [0.29, 0.717) is 0 Å². The van der Waals surface area contributed by atoms with Crippen molar-refractivity contribution in [2.45, 2.75) is 20.8 Å². The summed E-state index contributed by atoms with van der Waals surface area (Å²) < 4.78 is 4.55. The van der Waals surface area contributed by atoms with Crippen LogP contribution in [0, 0.1) is 16.0 Å². The van der Waals surface area contributed by atoms with Crippen molar-refractivity contribution in [2.75, 3.05) is 6.61 Å². The van der Waals surface area contributed by atoms with Crippen LogP contribution in [0.25, 0.3) is 0 Å². The molecule has 0 rings (SSSR count). The highest BCUT2D eigenvalue weighted by Crippen LogP contribution is 2.09. The van der Waals surface area contributed by atoms with Gasteiger partial charge >= 0.3 is 5.97 Å². The number of carbonyl (C=O) groups excluding carboxylic acids is 1. The van der Waals surface area contributed by atoms with Crippen LogP contribution in [-0.2, 0) is 9.53 Å². The number of carbonyl (C=O) groups is 1. The maximum atomic E-state index is 10.9. The van der Waals surface area contributed by atoms with Crippen molar-refractivity contribution in [3.05, 3.63) is 21.9 Å². The standard InChI is InChI=1S/C8H13NO4/c1-4-13-8(10)5-7(6(2)3)9(11)12/h5-6H,4H2,1-3H3/b7-5-. The summed E-state index contributed by atoms with van der Waals surface area (Å²) in [6.07, 6.45) is 0.925. The number of nitro groups is 1. The van der Waals surface area contributed by atoms with Crippen LogP contribution < -0.4 is 0 Å². The molecule has 0 bridgehead atoms. The average Bonchev–Trinajstić information content (AvgIpc) is 1.99. The van der Waals surface area contributed by atoms with Gasteiger partial charge in [0.2, 0.25) is 0 Å². The van der Waals surface area contributed by atoms with E-state index in [2.05, 4.69) is 4.74 Å². The molecule has 0 aromatic carbocycles. The van der Waals surface area contributed by atoms with E-state index >= 15 is 0 Å². The Morgan fingerprint density at radius 1 is 1.62 bits per heavy atom. The summed E-state index contributed by atoms with van der Waals surface area (Å²) in [6, 6.07) is 0. The van der Waals surface area contributed by atoms with Crippen molar-refractivity contribution in [3.63, 3.8) is 0 Å². The molecule has 5 nitrogen and oxygen atoms in total. The summed E-state index contributed by atoms with van der Waals surface area (Å²) in [6.45, 7) is 5.16. The normalized spacial score (nSPS) is 11.5. The monoisotopic (exact) mass is 187 g/mol. The van der Waals surface area contributed by atoms with E-state index in [0.717, 1.165) is 6.08 Å². The fourth-order valence-corrected chi connectivity index (χ4v) is 0.735. The first-order valence-corrected chi connectivity index (χ1v) is 4.01. The highest BCUT2D eigenvalue weighted by molar-refractivity contribution is 5.82. The topological polar surface area (TPSA) is 69.4 Å². The predicted octanol–water partition coefficient (Wildman–Crippen LogP) is 1.37. The Hall–Kier alpha value is -1.39. The number of nitrogens with zero attached hydrogens (tertiary/aromatic N) is 1. The molecule has 0 saturated heterocycles. The van der Waals surface area contributed by atoms with Gasteiger partial charge in [0.1, 0.15) is 0 Å². The van der Waals surface area contributed by atoms with Crippen LogP contribution in [-0.4, -0.2) is 17.5 Å². The zero-order chi connectivity index (χ0) is 10.4. The molecule has 0 aliphatic rings. The lowest BCUT2D eigenvalue weighted by atomic mass is 10.1. The van der Waals surface area contributed by atoms with Gasteiger partial charge in [-0.15, -0.1) is 0 Å². The minimum absolute atomic E-state index is 0.126. The highest BCUT2D eigenvalue weighted by Gasteiger charge is 2.17. The number of rotatable bonds is 4. The van der Waals surface area contributed by atoms with Crippen LogP contribution in [0.3, 0.4) is 0 Å². The molecule has 0 saturated carbocycles. The maximum Gasteiger partial charge on any atom is 0.337 e. The third-order valence-electron chi connectivity index (χ3n) is 1.35. The summed E-state index contributed by atoms with van der Waals surface area (Å²) in [5.41, 5.74) is -0.126. The first-order chi connectivity index (χ1) is 5.99. The van der Waals surface area contributed by atoms with E-state index in [-0.39, 0.29) is 18.2 Å². The van der Waals surface area contributed by atoms with Gasteiger partial charge < -0.3 is 4.74 Å².